The molecule has 0 amide bonds. The number of rotatable bonds is 3. The number of nitrogens with zero attached hydrogens (tertiary/aromatic N) is 1. The van der Waals surface area contributed by atoms with Gasteiger partial charge in [-0.2, -0.15) is 5.26 Å². The second kappa shape index (κ2) is 5.51. The predicted octanol–water partition coefficient (Wildman–Crippen LogP) is 2.85. The maximum atomic E-state index is 8.81. The Morgan fingerprint density at radius 1 is 1.00 bits per heavy atom. The fraction of sp³-hybridized carbons (Fsp3) is 0.923. The zero-order chi connectivity index (χ0) is 10.5. The van der Waals surface area contributed by atoms with Crippen molar-refractivity contribution in [3.63, 3.8) is 0 Å². The van der Waals surface area contributed by atoms with Crippen molar-refractivity contribution in [3.8, 4) is 6.07 Å². The molecule has 0 aromatic heterocycles. The Morgan fingerprint density at radius 3 is 2.27 bits per heavy atom. The average molecular weight is 206 g/mol. The van der Waals surface area contributed by atoms with Crippen molar-refractivity contribution >= 4 is 0 Å². The molecular weight excluding hydrogens is 184 g/mol. The van der Waals surface area contributed by atoms with Crippen molar-refractivity contribution in [2.75, 3.05) is 6.54 Å². The number of nitrogens with one attached hydrogen (secondary N) is 1. The van der Waals surface area contributed by atoms with Crippen LogP contribution in [0.15, 0.2) is 0 Å². The van der Waals surface area contributed by atoms with Crippen LogP contribution in [0.25, 0.3) is 0 Å². The molecule has 2 saturated carbocycles. The van der Waals surface area contributed by atoms with E-state index in [-0.39, 0.29) is 0 Å². The van der Waals surface area contributed by atoms with Crippen molar-refractivity contribution in [2.45, 2.75) is 57.4 Å². The minimum atomic E-state index is 0.354. The van der Waals surface area contributed by atoms with Gasteiger partial charge in [0, 0.05) is 12.0 Å². The molecule has 1 N–H and O–H groups in total. The monoisotopic (exact) mass is 206 g/mol. The Labute approximate surface area is 93.0 Å². The summed E-state index contributed by atoms with van der Waals surface area (Å²) in [6, 6.07) is 3.21. The predicted molar refractivity (Wildman–Crippen MR) is 61.3 cm³/mol. The van der Waals surface area contributed by atoms with Gasteiger partial charge in [-0.1, -0.05) is 12.8 Å². The van der Waals surface area contributed by atoms with E-state index in [4.69, 9.17) is 5.26 Å². The largest absolute Gasteiger partial charge is 0.314 e. The molecule has 0 unspecified atom stereocenters. The summed E-state index contributed by atoms with van der Waals surface area (Å²) in [7, 11) is 0. The van der Waals surface area contributed by atoms with Gasteiger partial charge in [0.2, 0.25) is 0 Å². The van der Waals surface area contributed by atoms with E-state index in [2.05, 4.69) is 11.4 Å². The van der Waals surface area contributed by atoms with Crippen LogP contribution in [0.4, 0.5) is 0 Å². The van der Waals surface area contributed by atoms with Crippen molar-refractivity contribution in [1.29, 1.82) is 5.26 Å². The standard InChI is InChI=1S/C13H22N2/c14-9-11-5-7-12(8-6-11)10-15-13-3-1-2-4-13/h11-13,15H,1-8,10H2/t11-,12-. The molecule has 0 bridgehead atoms. The molecule has 2 fully saturated rings. The normalized spacial score (nSPS) is 32.7. The maximum Gasteiger partial charge on any atom is 0.0655 e. The molecule has 0 atom stereocenters. The third-order valence-corrected chi connectivity index (χ3v) is 4.08. The first-order valence-electron chi connectivity index (χ1n) is 6.51. The van der Waals surface area contributed by atoms with Crippen LogP contribution >= 0.6 is 0 Å². The zero-order valence-electron chi connectivity index (χ0n) is 9.54. The van der Waals surface area contributed by atoms with Crippen LogP contribution in [-0.2, 0) is 0 Å². The lowest BCUT2D eigenvalue weighted by atomic mass is 9.82. The molecular formula is C13H22N2. The quantitative estimate of drug-likeness (QED) is 0.770. The molecule has 84 valence electrons. The summed E-state index contributed by atoms with van der Waals surface area (Å²) in [6.45, 7) is 1.20. The molecule has 2 aliphatic rings. The van der Waals surface area contributed by atoms with Gasteiger partial charge >= 0.3 is 0 Å². The van der Waals surface area contributed by atoms with Gasteiger partial charge in [0.25, 0.3) is 0 Å². The summed E-state index contributed by atoms with van der Waals surface area (Å²) in [6.07, 6.45) is 10.4. The summed E-state index contributed by atoms with van der Waals surface area (Å²) in [4.78, 5) is 0. The van der Waals surface area contributed by atoms with E-state index in [0.29, 0.717) is 5.92 Å². The highest BCUT2D eigenvalue weighted by Crippen LogP contribution is 2.28. The Balaban J connectivity index is 1.62. The highest BCUT2D eigenvalue weighted by Gasteiger charge is 2.22. The van der Waals surface area contributed by atoms with E-state index in [1.54, 1.807) is 0 Å². The lowest BCUT2D eigenvalue weighted by Crippen LogP contribution is -2.32. The highest BCUT2D eigenvalue weighted by atomic mass is 14.9. The summed E-state index contributed by atoms with van der Waals surface area (Å²) in [5.41, 5.74) is 0. The van der Waals surface area contributed by atoms with Gasteiger partial charge in [0.05, 0.1) is 6.07 Å². The number of hydrogen-bond acceptors (Lipinski definition) is 2. The Bertz CT molecular complexity index is 217. The summed E-state index contributed by atoms with van der Waals surface area (Å²) >= 11 is 0. The van der Waals surface area contributed by atoms with Gasteiger partial charge in [0.1, 0.15) is 0 Å². The van der Waals surface area contributed by atoms with Gasteiger partial charge in [-0.3, -0.25) is 0 Å². The first kappa shape index (κ1) is 11.0. The third-order valence-electron chi connectivity index (χ3n) is 4.08. The number of hydrogen-bond donors (Lipinski definition) is 1. The van der Waals surface area contributed by atoms with E-state index in [0.717, 1.165) is 24.8 Å². The van der Waals surface area contributed by atoms with Gasteiger partial charge in [-0.05, 0) is 51.0 Å². The molecule has 0 aliphatic heterocycles. The second-order valence-electron chi connectivity index (χ2n) is 5.24. The van der Waals surface area contributed by atoms with Crippen LogP contribution in [0.2, 0.25) is 0 Å². The maximum absolute atomic E-state index is 8.81. The first-order chi connectivity index (χ1) is 7.38. The van der Waals surface area contributed by atoms with E-state index < -0.39 is 0 Å². The number of nitriles is 1. The van der Waals surface area contributed by atoms with Crippen LogP contribution in [0, 0.1) is 23.2 Å². The van der Waals surface area contributed by atoms with Crippen molar-refractivity contribution in [3.05, 3.63) is 0 Å². The molecule has 2 nitrogen and oxygen atoms in total. The summed E-state index contributed by atoms with van der Waals surface area (Å²) in [5, 5.41) is 12.5. The molecule has 0 spiro atoms. The second-order valence-corrected chi connectivity index (χ2v) is 5.24. The Morgan fingerprint density at radius 2 is 1.67 bits per heavy atom. The third kappa shape index (κ3) is 3.21. The Hall–Kier alpha value is -0.550. The van der Waals surface area contributed by atoms with E-state index in [1.165, 1.54) is 45.1 Å². The van der Waals surface area contributed by atoms with Crippen molar-refractivity contribution < 1.29 is 0 Å². The van der Waals surface area contributed by atoms with E-state index in [9.17, 15) is 0 Å². The minimum Gasteiger partial charge on any atom is -0.314 e. The minimum absolute atomic E-state index is 0.354. The van der Waals surface area contributed by atoms with Crippen molar-refractivity contribution in [2.24, 2.45) is 11.8 Å². The average Bonchev–Trinajstić information content (AvgIpc) is 2.80. The summed E-state index contributed by atoms with van der Waals surface area (Å²) in [5.74, 6) is 1.20. The van der Waals surface area contributed by atoms with Crippen LogP contribution < -0.4 is 5.32 Å². The fourth-order valence-corrected chi connectivity index (χ4v) is 2.96. The van der Waals surface area contributed by atoms with Crippen molar-refractivity contribution in [1.82, 2.24) is 5.32 Å². The Kier molecular flexibility index (Phi) is 4.02. The van der Waals surface area contributed by atoms with Crippen LogP contribution in [0.3, 0.4) is 0 Å². The molecule has 2 rings (SSSR count). The lowest BCUT2D eigenvalue weighted by molar-refractivity contribution is 0.294. The molecule has 0 radical (unpaired) electrons. The molecule has 15 heavy (non-hydrogen) atoms. The molecule has 2 heteroatoms. The SMILES string of the molecule is N#C[C@H]1CC[C@H](CNC2CCCC2)CC1. The van der Waals surface area contributed by atoms with Gasteiger partial charge in [0.15, 0.2) is 0 Å². The van der Waals surface area contributed by atoms with Gasteiger partial charge < -0.3 is 5.32 Å². The zero-order valence-corrected chi connectivity index (χ0v) is 9.54. The molecule has 0 aromatic carbocycles. The van der Waals surface area contributed by atoms with Gasteiger partial charge in [-0.15, -0.1) is 0 Å². The van der Waals surface area contributed by atoms with Crippen LogP contribution in [-0.4, -0.2) is 12.6 Å². The molecule has 0 heterocycles. The smallest absolute Gasteiger partial charge is 0.0655 e. The van der Waals surface area contributed by atoms with Gasteiger partial charge in [-0.25, -0.2) is 0 Å². The topological polar surface area (TPSA) is 35.8 Å². The summed E-state index contributed by atoms with van der Waals surface area (Å²) < 4.78 is 0. The van der Waals surface area contributed by atoms with E-state index >= 15 is 0 Å². The van der Waals surface area contributed by atoms with Crippen LogP contribution in [0.5, 0.6) is 0 Å². The lowest BCUT2D eigenvalue weighted by Gasteiger charge is -2.26. The fourth-order valence-electron chi connectivity index (χ4n) is 2.96. The highest BCUT2D eigenvalue weighted by molar-refractivity contribution is 4.87. The first-order valence-corrected chi connectivity index (χ1v) is 6.51. The molecule has 0 saturated heterocycles. The molecule has 2 aliphatic carbocycles. The molecule has 0 aromatic rings. The van der Waals surface area contributed by atoms with Crippen LogP contribution in [0.1, 0.15) is 51.4 Å². The van der Waals surface area contributed by atoms with E-state index in [1.807, 2.05) is 0 Å².